The monoisotopic (exact) mass is 388 g/mol. The molecule has 1 atom stereocenters. The molecule has 1 unspecified atom stereocenters. The van der Waals surface area contributed by atoms with Gasteiger partial charge in [-0.1, -0.05) is 30.3 Å². The van der Waals surface area contributed by atoms with E-state index in [4.69, 9.17) is 5.73 Å². The Morgan fingerprint density at radius 2 is 2.00 bits per heavy atom. The molecule has 1 aromatic heterocycles. The van der Waals surface area contributed by atoms with Crippen molar-refractivity contribution in [2.75, 3.05) is 6.54 Å². The Balaban J connectivity index is 1.93. The van der Waals surface area contributed by atoms with Crippen LogP contribution in [0.3, 0.4) is 0 Å². The summed E-state index contributed by atoms with van der Waals surface area (Å²) in [6.07, 6.45) is 0.550. The van der Waals surface area contributed by atoms with E-state index in [1.165, 1.54) is 11.3 Å². The van der Waals surface area contributed by atoms with E-state index in [-0.39, 0.29) is 6.04 Å². The third-order valence-electron chi connectivity index (χ3n) is 3.07. The first-order valence-electron chi connectivity index (χ1n) is 6.46. The fraction of sp³-hybridized carbons (Fsp3) is 0.286. The summed E-state index contributed by atoms with van der Waals surface area (Å²) in [5, 5.41) is 0. The van der Waals surface area contributed by atoms with Crippen LogP contribution in [-0.4, -0.2) is 15.0 Å². The van der Waals surface area contributed by atoms with Crippen molar-refractivity contribution in [3.63, 3.8) is 0 Å². The smallest absolute Gasteiger partial charge is 0.250 e. The molecule has 0 saturated carbocycles. The van der Waals surface area contributed by atoms with Crippen molar-refractivity contribution in [3.8, 4) is 0 Å². The molecule has 0 amide bonds. The van der Waals surface area contributed by atoms with E-state index in [9.17, 15) is 8.42 Å². The zero-order valence-corrected chi connectivity index (χ0v) is 14.8. The van der Waals surface area contributed by atoms with E-state index >= 15 is 0 Å². The number of rotatable bonds is 6. The van der Waals surface area contributed by atoms with Crippen LogP contribution in [0.5, 0.6) is 0 Å². The maximum Gasteiger partial charge on any atom is 0.250 e. The van der Waals surface area contributed by atoms with E-state index in [1.54, 1.807) is 6.07 Å². The standard InChI is InChI=1S/C14H17BrN2O2S2/c1-10-9-13(20-14(10)15)21(18,19)17-8-7-12(16)11-5-3-2-4-6-11/h2-6,9,12,17H,7-8,16H2,1H3. The Morgan fingerprint density at radius 1 is 1.33 bits per heavy atom. The molecule has 0 fully saturated rings. The number of halogens is 1. The third-order valence-corrected chi connectivity index (χ3v) is 7.15. The normalized spacial score (nSPS) is 13.3. The Bertz CT molecular complexity index is 680. The predicted molar refractivity (Wildman–Crippen MR) is 89.9 cm³/mol. The highest BCUT2D eigenvalue weighted by Crippen LogP contribution is 2.30. The van der Waals surface area contributed by atoms with Gasteiger partial charge in [-0.3, -0.25) is 0 Å². The molecule has 2 rings (SSSR count). The van der Waals surface area contributed by atoms with E-state index in [0.717, 1.165) is 14.9 Å². The topological polar surface area (TPSA) is 72.2 Å². The van der Waals surface area contributed by atoms with Crippen LogP contribution in [-0.2, 0) is 10.0 Å². The summed E-state index contributed by atoms with van der Waals surface area (Å²) in [5.41, 5.74) is 7.98. The molecule has 0 aliphatic rings. The number of nitrogens with two attached hydrogens (primary N) is 1. The van der Waals surface area contributed by atoms with Crippen molar-refractivity contribution in [3.05, 3.63) is 51.3 Å². The molecule has 1 aromatic carbocycles. The third kappa shape index (κ3) is 4.37. The van der Waals surface area contributed by atoms with Crippen molar-refractivity contribution < 1.29 is 8.42 Å². The van der Waals surface area contributed by atoms with Crippen LogP contribution < -0.4 is 10.5 Å². The molecule has 4 nitrogen and oxygen atoms in total. The van der Waals surface area contributed by atoms with E-state index in [1.807, 2.05) is 37.3 Å². The molecule has 7 heteroatoms. The summed E-state index contributed by atoms with van der Waals surface area (Å²) in [6.45, 7) is 2.18. The summed E-state index contributed by atoms with van der Waals surface area (Å²) in [5.74, 6) is 0. The Morgan fingerprint density at radius 3 is 2.57 bits per heavy atom. The van der Waals surface area contributed by atoms with Gasteiger partial charge in [-0.25, -0.2) is 13.1 Å². The summed E-state index contributed by atoms with van der Waals surface area (Å²) >= 11 is 4.55. The van der Waals surface area contributed by atoms with Gasteiger partial charge in [0, 0.05) is 12.6 Å². The first-order valence-corrected chi connectivity index (χ1v) is 9.55. The number of nitrogens with one attached hydrogen (secondary N) is 1. The summed E-state index contributed by atoms with van der Waals surface area (Å²) in [4.78, 5) is 0. The lowest BCUT2D eigenvalue weighted by molar-refractivity contribution is 0.571. The van der Waals surface area contributed by atoms with Crippen LogP contribution >= 0.6 is 27.3 Å². The molecule has 1 heterocycles. The zero-order valence-electron chi connectivity index (χ0n) is 11.5. The van der Waals surface area contributed by atoms with Crippen molar-refractivity contribution in [1.29, 1.82) is 0 Å². The number of hydrogen-bond donors (Lipinski definition) is 2. The minimum absolute atomic E-state index is 0.175. The second kappa shape index (κ2) is 7.02. The first-order chi connectivity index (χ1) is 9.90. The summed E-state index contributed by atoms with van der Waals surface area (Å²) in [6, 6.07) is 11.1. The second-order valence-corrected chi connectivity index (χ2v) is 9.09. The maximum atomic E-state index is 12.2. The van der Waals surface area contributed by atoms with Crippen molar-refractivity contribution in [2.45, 2.75) is 23.6 Å². The van der Waals surface area contributed by atoms with Gasteiger partial charge in [0.1, 0.15) is 4.21 Å². The molecule has 3 N–H and O–H groups in total. The van der Waals surface area contributed by atoms with E-state index in [0.29, 0.717) is 17.2 Å². The number of aryl methyl sites for hydroxylation is 1. The lowest BCUT2D eigenvalue weighted by Crippen LogP contribution is -2.26. The fourth-order valence-electron chi connectivity index (χ4n) is 1.85. The summed E-state index contributed by atoms with van der Waals surface area (Å²) < 4.78 is 28.1. The SMILES string of the molecule is Cc1cc(S(=O)(=O)NCCC(N)c2ccccc2)sc1Br. The highest BCUT2D eigenvalue weighted by atomic mass is 79.9. The zero-order chi connectivity index (χ0) is 15.5. The Kier molecular flexibility index (Phi) is 5.56. The van der Waals surface area contributed by atoms with Crippen LogP contribution in [0.15, 0.2) is 44.4 Å². The highest BCUT2D eigenvalue weighted by Gasteiger charge is 2.18. The number of thiophene rings is 1. The highest BCUT2D eigenvalue weighted by molar-refractivity contribution is 9.11. The molecule has 114 valence electrons. The molecule has 0 bridgehead atoms. The van der Waals surface area contributed by atoms with Gasteiger partial charge in [0.2, 0.25) is 10.0 Å². The van der Waals surface area contributed by atoms with Crippen LogP contribution in [0.4, 0.5) is 0 Å². The number of hydrogen-bond acceptors (Lipinski definition) is 4. The largest absolute Gasteiger partial charge is 0.324 e. The van der Waals surface area contributed by atoms with Gasteiger partial charge in [0.05, 0.1) is 3.79 Å². The van der Waals surface area contributed by atoms with Gasteiger partial charge in [-0.15, -0.1) is 11.3 Å². The van der Waals surface area contributed by atoms with Crippen molar-refractivity contribution in [1.82, 2.24) is 4.72 Å². The lowest BCUT2D eigenvalue weighted by atomic mass is 10.1. The van der Waals surface area contributed by atoms with Crippen LogP contribution in [0.1, 0.15) is 23.6 Å². The minimum Gasteiger partial charge on any atom is -0.324 e. The number of benzene rings is 1. The van der Waals surface area contributed by atoms with Crippen molar-refractivity contribution >= 4 is 37.3 Å². The molecular weight excluding hydrogens is 372 g/mol. The Hall–Kier alpha value is -0.730. The first kappa shape index (κ1) is 16.6. The van der Waals surface area contributed by atoms with E-state index < -0.39 is 10.0 Å². The number of sulfonamides is 1. The average Bonchev–Trinajstić information content (AvgIpc) is 2.80. The van der Waals surface area contributed by atoms with Gasteiger partial charge in [0.25, 0.3) is 0 Å². The quantitative estimate of drug-likeness (QED) is 0.797. The second-order valence-electron chi connectivity index (χ2n) is 4.73. The van der Waals surface area contributed by atoms with E-state index in [2.05, 4.69) is 20.7 Å². The molecule has 0 radical (unpaired) electrons. The van der Waals surface area contributed by atoms with Crippen LogP contribution in [0.25, 0.3) is 0 Å². The molecule has 0 aliphatic heterocycles. The molecule has 0 aliphatic carbocycles. The fourth-order valence-corrected chi connectivity index (χ4v) is 5.17. The summed E-state index contributed by atoms with van der Waals surface area (Å²) in [7, 11) is -3.46. The Labute approximate surface area is 137 Å². The molecular formula is C14H17BrN2O2S2. The van der Waals surface area contributed by atoms with Gasteiger partial charge in [-0.05, 0) is 46.5 Å². The lowest BCUT2D eigenvalue weighted by Gasteiger charge is -2.12. The van der Waals surface area contributed by atoms with Crippen molar-refractivity contribution in [2.24, 2.45) is 5.73 Å². The van der Waals surface area contributed by atoms with Gasteiger partial charge in [0.15, 0.2) is 0 Å². The van der Waals surface area contributed by atoms with Gasteiger partial charge < -0.3 is 5.73 Å². The predicted octanol–water partition coefficient (Wildman–Crippen LogP) is 3.19. The van der Waals surface area contributed by atoms with Crippen LogP contribution in [0, 0.1) is 6.92 Å². The van der Waals surface area contributed by atoms with Crippen LogP contribution in [0.2, 0.25) is 0 Å². The maximum absolute atomic E-state index is 12.2. The molecule has 21 heavy (non-hydrogen) atoms. The molecule has 2 aromatic rings. The minimum atomic E-state index is -3.46. The van der Waals surface area contributed by atoms with Gasteiger partial charge >= 0.3 is 0 Å². The molecule has 0 spiro atoms. The molecule has 0 saturated heterocycles. The van der Waals surface area contributed by atoms with Gasteiger partial charge in [-0.2, -0.15) is 0 Å². The average molecular weight is 389 g/mol.